The third-order valence-corrected chi connectivity index (χ3v) is 16.0. The number of piperidine rings is 2. The molecule has 16 nitrogen and oxygen atoms in total. The topological polar surface area (TPSA) is 177 Å². The van der Waals surface area contributed by atoms with Crippen LogP contribution in [0.25, 0.3) is 0 Å². The molecule has 4 aliphatic heterocycles. The number of aliphatic hydroxyl groups is 2. The molecule has 4 heterocycles. The standard InChI is InChI=1S/C64H84F2N4O12/c1-43(2)41-79-55-17-9-49(10-18-55)59(61(73)69(39-45-5-13-51(65)14-6-45)53-21-29-67(30-22-53)37-47-25-33-77-34-26-47)81-63(75)57(71)58(72)64(76)82-60(50-11-19-56(20-12-50)80-42-44(3)4)62(74)70(40-46-7-15-52(66)16-8-46)54-23-31-68(32-24-54)38-48-27-35-78-36-28-48/h5-20,43-44,47-48,53-54,57-60,71-72H,21-42H2,1-4H3. The van der Waals surface area contributed by atoms with E-state index in [9.17, 15) is 28.6 Å². The van der Waals surface area contributed by atoms with Crippen molar-refractivity contribution < 1.29 is 66.6 Å². The van der Waals surface area contributed by atoms with Gasteiger partial charge in [-0.1, -0.05) is 76.2 Å². The van der Waals surface area contributed by atoms with Gasteiger partial charge in [-0.25, -0.2) is 18.4 Å². The van der Waals surface area contributed by atoms with E-state index in [1.165, 1.54) is 24.3 Å². The summed E-state index contributed by atoms with van der Waals surface area (Å²) in [5, 5.41) is 23.3. The van der Waals surface area contributed by atoms with E-state index >= 15 is 9.59 Å². The Kier molecular flexibility index (Phi) is 23.1. The fraction of sp³-hybridized carbons (Fsp3) is 0.562. The Morgan fingerprint density at radius 1 is 0.512 bits per heavy atom. The maximum absolute atomic E-state index is 15.3. The van der Waals surface area contributed by atoms with Gasteiger partial charge in [0.25, 0.3) is 11.8 Å². The van der Waals surface area contributed by atoms with E-state index in [-0.39, 0.29) is 48.1 Å². The minimum absolute atomic E-state index is 0.0404. The van der Waals surface area contributed by atoms with Gasteiger partial charge in [-0.3, -0.25) is 9.59 Å². The van der Waals surface area contributed by atoms with Gasteiger partial charge in [0.2, 0.25) is 12.2 Å². The Morgan fingerprint density at radius 2 is 0.841 bits per heavy atom. The smallest absolute Gasteiger partial charge is 0.339 e. The first kappa shape index (κ1) is 62.0. The number of amides is 2. The molecule has 4 aromatic rings. The maximum Gasteiger partial charge on any atom is 0.339 e. The largest absolute Gasteiger partial charge is 0.493 e. The van der Waals surface area contributed by atoms with Crippen LogP contribution in [0.15, 0.2) is 97.1 Å². The van der Waals surface area contributed by atoms with Gasteiger partial charge in [-0.15, -0.1) is 0 Å². The van der Waals surface area contributed by atoms with Crippen molar-refractivity contribution in [3.8, 4) is 11.5 Å². The van der Waals surface area contributed by atoms with Crippen molar-refractivity contribution in [1.29, 1.82) is 0 Å². The van der Waals surface area contributed by atoms with Crippen LogP contribution in [0.5, 0.6) is 11.5 Å². The molecule has 8 rings (SSSR count). The summed E-state index contributed by atoms with van der Waals surface area (Å²) >= 11 is 0. The lowest BCUT2D eigenvalue weighted by Crippen LogP contribution is -2.51. The molecule has 0 aliphatic carbocycles. The summed E-state index contributed by atoms with van der Waals surface area (Å²) < 4.78 is 63.5. The molecule has 4 fully saturated rings. The number of ether oxygens (including phenoxy) is 6. The number of carbonyl (C=O) groups is 4. The number of hydrogen-bond acceptors (Lipinski definition) is 14. The summed E-state index contributed by atoms with van der Waals surface area (Å²) in [6.45, 7) is 16.5. The summed E-state index contributed by atoms with van der Waals surface area (Å²) in [6.07, 6.45) is -2.26. The molecular weight excluding hydrogens is 1050 g/mol. The van der Waals surface area contributed by atoms with Crippen LogP contribution in [0.1, 0.15) is 114 Å². The van der Waals surface area contributed by atoms with Crippen molar-refractivity contribution in [2.24, 2.45) is 23.7 Å². The minimum atomic E-state index is -2.59. The molecule has 4 atom stereocenters. The van der Waals surface area contributed by atoms with E-state index in [2.05, 4.69) is 9.80 Å². The van der Waals surface area contributed by atoms with E-state index in [1.54, 1.807) is 82.6 Å². The predicted octanol–water partition coefficient (Wildman–Crippen LogP) is 8.46. The Balaban J connectivity index is 1.04. The van der Waals surface area contributed by atoms with Gasteiger partial charge in [0.05, 0.1) is 13.2 Å². The summed E-state index contributed by atoms with van der Waals surface area (Å²) in [7, 11) is 0. The lowest BCUT2D eigenvalue weighted by molar-refractivity contribution is -0.184. The third-order valence-electron chi connectivity index (χ3n) is 16.0. The predicted molar refractivity (Wildman–Crippen MR) is 303 cm³/mol. The van der Waals surface area contributed by atoms with Gasteiger partial charge in [-0.05, 0) is 135 Å². The van der Waals surface area contributed by atoms with Crippen molar-refractivity contribution >= 4 is 23.8 Å². The van der Waals surface area contributed by atoms with Crippen molar-refractivity contribution in [2.45, 2.75) is 129 Å². The normalized spacial score (nSPS) is 18.8. The number of rotatable bonds is 25. The van der Waals surface area contributed by atoms with E-state index in [4.69, 9.17) is 28.4 Å². The quantitative estimate of drug-likeness (QED) is 0.0604. The summed E-state index contributed by atoms with van der Waals surface area (Å²) in [5.41, 5.74) is 1.72. The highest BCUT2D eigenvalue weighted by Crippen LogP contribution is 2.33. The SMILES string of the molecule is CC(C)COc1ccc(C(OC(=O)C(O)C(O)C(=O)OC(C(=O)N(Cc2ccc(F)cc2)C2CCN(CC3CCOCC3)CC2)c2ccc(OCC(C)C)cc2)C(=O)N(Cc2ccc(F)cc2)C2CCN(CC3CCOCC3)CC2)cc1. The highest BCUT2D eigenvalue weighted by Gasteiger charge is 2.42. The van der Waals surface area contributed by atoms with E-state index in [1.807, 2.05) is 27.7 Å². The molecule has 82 heavy (non-hydrogen) atoms. The second-order valence-corrected chi connectivity index (χ2v) is 23.4. The number of esters is 2. The minimum Gasteiger partial charge on any atom is -0.493 e. The Hall–Kier alpha value is -6.02. The maximum atomic E-state index is 15.3. The van der Waals surface area contributed by atoms with Crippen LogP contribution in [-0.2, 0) is 51.2 Å². The molecule has 0 saturated carbocycles. The molecule has 0 aromatic heterocycles. The molecule has 4 aliphatic rings. The highest BCUT2D eigenvalue weighted by molar-refractivity contribution is 5.91. The first-order valence-corrected chi connectivity index (χ1v) is 29.5. The molecule has 4 aromatic carbocycles. The molecule has 0 spiro atoms. The number of benzene rings is 4. The van der Waals surface area contributed by atoms with Gasteiger partial charge in [-0.2, -0.15) is 0 Å². The van der Waals surface area contributed by atoms with Crippen LogP contribution in [0, 0.1) is 35.3 Å². The lowest BCUT2D eigenvalue weighted by atomic mass is 9.96. The molecule has 0 bridgehead atoms. The fourth-order valence-corrected chi connectivity index (χ4v) is 11.2. The summed E-state index contributed by atoms with van der Waals surface area (Å²) in [6, 6.07) is 23.9. The zero-order valence-corrected chi connectivity index (χ0v) is 48.1. The van der Waals surface area contributed by atoms with Crippen molar-refractivity contribution in [1.82, 2.24) is 19.6 Å². The van der Waals surface area contributed by atoms with Crippen LogP contribution < -0.4 is 9.47 Å². The second-order valence-electron chi connectivity index (χ2n) is 23.4. The zero-order valence-electron chi connectivity index (χ0n) is 48.1. The van der Waals surface area contributed by atoms with Crippen LogP contribution in [0.2, 0.25) is 0 Å². The Bertz CT molecular complexity index is 2440. The number of likely N-dealkylation sites (tertiary alicyclic amines) is 2. The van der Waals surface area contributed by atoms with Gasteiger partial charge < -0.3 is 58.2 Å². The summed E-state index contributed by atoms with van der Waals surface area (Å²) in [4.78, 5) is 67.4. The number of hydrogen-bond donors (Lipinski definition) is 2. The average Bonchev–Trinajstić information content (AvgIpc) is 3.67. The molecule has 18 heteroatoms. The van der Waals surface area contributed by atoms with Crippen molar-refractivity contribution in [2.75, 3.05) is 78.9 Å². The third kappa shape index (κ3) is 18.0. The average molecular weight is 1140 g/mol. The molecule has 446 valence electrons. The molecule has 2 amide bonds. The highest BCUT2D eigenvalue weighted by atomic mass is 19.1. The van der Waals surface area contributed by atoms with E-state index < -0.39 is 59.8 Å². The molecular formula is C64H84F2N4O12. The number of halogens is 2. The Labute approximate surface area is 481 Å². The molecule has 4 unspecified atom stereocenters. The van der Waals surface area contributed by atoms with Gasteiger partial charge >= 0.3 is 11.9 Å². The summed E-state index contributed by atoms with van der Waals surface area (Å²) in [5.74, 6) is -2.71. The van der Waals surface area contributed by atoms with E-state index in [0.29, 0.717) is 99.5 Å². The van der Waals surface area contributed by atoms with Gasteiger partial charge in [0.15, 0.2) is 12.2 Å². The Morgan fingerprint density at radius 3 is 1.16 bits per heavy atom. The van der Waals surface area contributed by atoms with Gasteiger partial charge in [0, 0.05) is 102 Å². The van der Waals surface area contributed by atoms with Crippen LogP contribution in [-0.4, -0.2) is 157 Å². The van der Waals surface area contributed by atoms with Crippen LogP contribution >= 0.6 is 0 Å². The number of nitrogens with zero attached hydrogens (tertiary/aromatic N) is 4. The molecule has 4 saturated heterocycles. The lowest BCUT2D eigenvalue weighted by Gasteiger charge is -2.41. The van der Waals surface area contributed by atoms with Crippen LogP contribution in [0.4, 0.5) is 8.78 Å². The number of aliphatic hydroxyl groups excluding tert-OH is 2. The first-order valence-electron chi connectivity index (χ1n) is 29.5. The molecule has 2 N–H and O–H groups in total. The monoisotopic (exact) mass is 1140 g/mol. The second kappa shape index (κ2) is 30.5. The van der Waals surface area contributed by atoms with Gasteiger partial charge in [0.1, 0.15) is 23.1 Å². The first-order chi connectivity index (χ1) is 39.6. The van der Waals surface area contributed by atoms with Crippen LogP contribution in [0.3, 0.4) is 0 Å². The fourth-order valence-electron chi connectivity index (χ4n) is 11.2. The van der Waals surface area contributed by atoms with Crippen molar-refractivity contribution in [3.63, 3.8) is 0 Å². The van der Waals surface area contributed by atoms with E-state index in [0.717, 1.165) is 65.2 Å². The zero-order chi connectivity index (χ0) is 58.1. The molecule has 0 radical (unpaired) electrons. The number of carbonyl (C=O) groups excluding carboxylic acids is 4. The van der Waals surface area contributed by atoms with Crippen molar-refractivity contribution in [3.05, 3.63) is 131 Å².